The summed E-state index contributed by atoms with van der Waals surface area (Å²) in [5.41, 5.74) is 0. The quantitative estimate of drug-likeness (QED) is 0.621. The van der Waals surface area contributed by atoms with E-state index in [4.69, 9.17) is 5.11 Å². The SMILES string of the molecule is C=CC[C@H]1CC[C@H]([C@H]2CC[C@H]([C@H]3CC[C@H](C(=O)O)CC3)CC2)CC1. The third-order valence-electron chi connectivity index (χ3n) is 7.66. The fourth-order valence-electron chi connectivity index (χ4n) is 6.06. The van der Waals surface area contributed by atoms with Crippen molar-refractivity contribution >= 4 is 5.97 Å². The number of allylic oxidation sites excluding steroid dienone is 1. The molecule has 3 aliphatic carbocycles. The van der Waals surface area contributed by atoms with Crippen LogP contribution in [0.2, 0.25) is 0 Å². The van der Waals surface area contributed by atoms with E-state index in [2.05, 4.69) is 12.7 Å². The zero-order valence-electron chi connectivity index (χ0n) is 15.3. The zero-order valence-corrected chi connectivity index (χ0v) is 15.3. The Morgan fingerprint density at radius 2 is 1.12 bits per heavy atom. The number of hydrogen-bond acceptors (Lipinski definition) is 1. The number of carboxylic acid groups (broad SMARTS) is 1. The summed E-state index contributed by atoms with van der Waals surface area (Å²) in [6.45, 7) is 3.90. The van der Waals surface area contributed by atoms with Crippen molar-refractivity contribution in [3.05, 3.63) is 12.7 Å². The highest BCUT2D eigenvalue weighted by atomic mass is 16.4. The van der Waals surface area contributed by atoms with Crippen molar-refractivity contribution in [1.82, 2.24) is 0 Å². The summed E-state index contributed by atoms with van der Waals surface area (Å²) in [7, 11) is 0. The molecule has 0 atom stereocenters. The molecule has 0 saturated heterocycles. The summed E-state index contributed by atoms with van der Waals surface area (Å²) < 4.78 is 0. The van der Waals surface area contributed by atoms with Crippen LogP contribution in [0, 0.1) is 35.5 Å². The Balaban J connectivity index is 1.39. The van der Waals surface area contributed by atoms with Crippen LogP contribution in [0.25, 0.3) is 0 Å². The van der Waals surface area contributed by atoms with Crippen LogP contribution >= 0.6 is 0 Å². The van der Waals surface area contributed by atoms with Crippen molar-refractivity contribution in [2.75, 3.05) is 0 Å². The van der Waals surface area contributed by atoms with Gasteiger partial charge in [-0.25, -0.2) is 0 Å². The molecular formula is C22H36O2. The van der Waals surface area contributed by atoms with Crippen LogP contribution in [0.5, 0.6) is 0 Å². The van der Waals surface area contributed by atoms with Gasteiger partial charge in [-0.2, -0.15) is 0 Å². The van der Waals surface area contributed by atoms with Crippen LogP contribution in [0.1, 0.15) is 83.5 Å². The monoisotopic (exact) mass is 332 g/mol. The van der Waals surface area contributed by atoms with E-state index in [1.165, 1.54) is 70.6 Å². The van der Waals surface area contributed by atoms with Crippen LogP contribution in [-0.4, -0.2) is 11.1 Å². The van der Waals surface area contributed by atoms with Crippen molar-refractivity contribution in [3.8, 4) is 0 Å². The van der Waals surface area contributed by atoms with Gasteiger partial charge in [-0.1, -0.05) is 6.08 Å². The largest absolute Gasteiger partial charge is 0.481 e. The third-order valence-corrected chi connectivity index (χ3v) is 7.66. The lowest BCUT2D eigenvalue weighted by Gasteiger charge is -2.41. The molecule has 3 saturated carbocycles. The Kier molecular flexibility index (Phi) is 6.41. The minimum atomic E-state index is -0.566. The maximum Gasteiger partial charge on any atom is 0.306 e. The molecule has 136 valence electrons. The summed E-state index contributed by atoms with van der Waals surface area (Å²) in [6, 6.07) is 0. The molecule has 0 unspecified atom stereocenters. The molecule has 0 bridgehead atoms. The zero-order chi connectivity index (χ0) is 16.9. The summed E-state index contributed by atoms with van der Waals surface area (Å²) >= 11 is 0. The summed E-state index contributed by atoms with van der Waals surface area (Å²) in [6.07, 6.45) is 19.0. The van der Waals surface area contributed by atoms with Crippen molar-refractivity contribution in [2.24, 2.45) is 35.5 Å². The van der Waals surface area contributed by atoms with E-state index in [9.17, 15) is 4.79 Å². The van der Waals surface area contributed by atoms with Gasteiger partial charge in [0.2, 0.25) is 0 Å². The van der Waals surface area contributed by atoms with Gasteiger partial charge in [0.25, 0.3) is 0 Å². The van der Waals surface area contributed by atoms with E-state index < -0.39 is 5.97 Å². The third kappa shape index (κ3) is 4.43. The smallest absolute Gasteiger partial charge is 0.306 e. The molecular weight excluding hydrogens is 296 g/mol. The standard InChI is InChI=1S/C22H36O2/c1-2-3-16-4-6-17(7-5-16)18-8-10-19(11-9-18)20-12-14-21(15-13-20)22(23)24/h2,16-21H,1,3-15H2,(H,23,24)/t16-,17-,18-,19-,20-,21-. The first-order chi connectivity index (χ1) is 11.7. The van der Waals surface area contributed by atoms with E-state index in [-0.39, 0.29) is 5.92 Å². The minimum absolute atomic E-state index is 0.0525. The van der Waals surface area contributed by atoms with Gasteiger partial charge in [-0.3, -0.25) is 4.79 Å². The number of carbonyl (C=O) groups is 1. The van der Waals surface area contributed by atoms with Crippen molar-refractivity contribution in [1.29, 1.82) is 0 Å². The average Bonchev–Trinajstić information content (AvgIpc) is 2.63. The van der Waals surface area contributed by atoms with Gasteiger partial charge in [0.1, 0.15) is 0 Å². The molecule has 2 nitrogen and oxygen atoms in total. The second kappa shape index (κ2) is 8.54. The van der Waals surface area contributed by atoms with Crippen LogP contribution < -0.4 is 0 Å². The molecule has 0 amide bonds. The molecule has 2 heteroatoms. The lowest BCUT2D eigenvalue weighted by atomic mass is 9.65. The maximum absolute atomic E-state index is 11.1. The molecule has 24 heavy (non-hydrogen) atoms. The van der Waals surface area contributed by atoms with E-state index in [0.717, 1.165) is 42.4 Å². The molecule has 1 N–H and O–H groups in total. The highest BCUT2D eigenvalue weighted by molar-refractivity contribution is 5.69. The molecule has 0 heterocycles. The first-order valence-corrected chi connectivity index (χ1v) is 10.5. The molecule has 0 aromatic carbocycles. The highest BCUT2D eigenvalue weighted by Gasteiger charge is 2.35. The van der Waals surface area contributed by atoms with Crippen molar-refractivity contribution < 1.29 is 9.90 Å². The van der Waals surface area contributed by atoms with Crippen LogP contribution in [-0.2, 0) is 4.79 Å². The Labute approximate surface area is 148 Å². The molecule has 3 fully saturated rings. The maximum atomic E-state index is 11.1. The fraction of sp³-hybridized carbons (Fsp3) is 0.864. The Morgan fingerprint density at radius 3 is 1.50 bits per heavy atom. The normalized spacial score (nSPS) is 40.8. The lowest BCUT2D eigenvalue weighted by Crippen LogP contribution is -2.30. The van der Waals surface area contributed by atoms with Gasteiger partial charge in [0.15, 0.2) is 0 Å². The summed E-state index contributed by atoms with van der Waals surface area (Å²) in [5, 5.41) is 9.16. The van der Waals surface area contributed by atoms with E-state index in [0.29, 0.717) is 0 Å². The van der Waals surface area contributed by atoms with Crippen LogP contribution in [0.3, 0.4) is 0 Å². The summed E-state index contributed by atoms with van der Waals surface area (Å²) in [4.78, 5) is 11.1. The predicted octanol–water partition coefficient (Wildman–Crippen LogP) is 6.07. The molecule has 3 aliphatic rings. The Bertz CT molecular complexity index is 406. The Hall–Kier alpha value is -0.790. The van der Waals surface area contributed by atoms with Gasteiger partial charge in [-0.15, -0.1) is 6.58 Å². The molecule has 0 aromatic heterocycles. The topological polar surface area (TPSA) is 37.3 Å². The first kappa shape index (κ1) is 18.0. The average molecular weight is 333 g/mol. The second-order valence-corrected chi connectivity index (χ2v) is 8.93. The molecule has 0 aromatic rings. The number of hydrogen-bond donors (Lipinski definition) is 1. The predicted molar refractivity (Wildman–Crippen MR) is 98.8 cm³/mol. The van der Waals surface area contributed by atoms with Gasteiger partial charge in [0, 0.05) is 0 Å². The van der Waals surface area contributed by atoms with Gasteiger partial charge in [-0.05, 0) is 113 Å². The van der Waals surface area contributed by atoms with Gasteiger partial charge < -0.3 is 5.11 Å². The molecule has 3 rings (SSSR count). The van der Waals surface area contributed by atoms with Crippen LogP contribution in [0.15, 0.2) is 12.7 Å². The van der Waals surface area contributed by atoms with Gasteiger partial charge >= 0.3 is 5.97 Å². The summed E-state index contributed by atoms with van der Waals surface area (Å²) in [5.74, 6) is 4.00. The first-order valence-electron chi connectivity index (χ1n) is 10.5. The molecule has 0 spiro atoms. The fourth-order valence-corrected chi connectivity index (χ4v) is 6.06. The molecule has 0 radical (unpaired) electrons. The highest BCUT2D eigenvalue weighted by Crippen LogP contribution is 2.46. The Morgan fingerprint density at radius 1 is 0.750 bits per heavy atom. The number of aliphatic carboxylic acids is 1. The van der Waals surface area contributed by atoms with E-state index >= 15 is 0 Å². The minimum Gasteiger partial charge on any atom is -0.481 e. The van der Waals surface area contributed by atoms with Crippen molar-refractivity contribution in [2.45, 2.75) is 83.5 Å². The second-order valence-electron chi connectivity index (χ2n) is 8.93. The molecule has 0 aliphatic heterocycles. The lowest BCUT2D eigenvalue weighted by molar-refractivity contribution is -0.143. The number of rotatable bonds is 5. The van der Waals surface area contributed by atoms with E-state index in [1.807, 2.05) is 0 Å². The van der Waals surface area contributed by atoms with Crippen LogP contribution in [0.4, 0.5) is 0 Å². The number of carboxylic acids is 1. The van der Waals surface area contributed by atoms with E-state index in [1.54, 1.807) is 0 Å². The van der Waals surface area contributed by atoms with Gasteiger partial charge in [0.05, 0.1) is 5.92 Å². The van der Waals surface area contributed by atoms with Crippen molar-refractivity contribution in [3.63, 3.8) is 0 Å².